The first-order chi connectivity index (χ1) is 9.22. The van der Waals surface area contributed by atoms with Gasteiger partial charge in [0.15, 0.2) is 0 Å². The summed E-state index contributed by atoms with van der Waals surface area (Å²) in [6, 6.07) is 5.31. The van der Waals surface area contributed by atoms with Crippen LogP contribution in [0.5, 0.6) is 0 Å². The Labute approximate surface area is 123 Å². The Bertz CT molecular complexity index is 560. The Balaban J connectivity index is 2.27. The highest BCUT2D eigenvalue weighted by atomic mass is 79.9. The van der Waals surface area contributed by atoms with Crippen molar-refractivity contribution >= 4 is 33.7 Å². The fraction of sp³-hybridized carbons (Fsp3) is 0.250. The lowest BCUT2D eigenvalue weighted by molar-refractivity contribution is 0.0530. The zero-order valence-corrected chi connectivity index (χ0v) is 12.6. The van der Waals surface area contributed by atoms with Gasteiger partial charge in [-0.15, -0.1) is 0 Å². The smallest absolute Gasteiger partial charge is 0.340 e. The molecule has 0 amide bonds. The summed E-state index contributed by atoms with van der Waals surface area (Å²) in [6.45, 7) is 0.396. The van der Waals surface area contributed by atoms with Crippen LogP contribution in [0, 0.1) is 0 Å². The van der Waals surface area contributed by atoms with Crippen molar-refractivity contribution in [3.63, 3.8) is 0 Å². The van der Waals surface area contributed by atoms with Gasteiger partial charge in [-0.1, -0.05) is 15.9 Å². The summed E-state index contributed by atoms with van der Waals surface area (Å²) in [5, 5.41) is 4.04. The van der Waals surface area contributed by atoms with Gasteiger partial charge in [0.25, 0.3) is 0 Å². The van der Waals surface area contributed by atoms with Crippen LogP contribution in [-0.2, 0) is 4.74 Å². The van der Waals surface area contributed by atoms with Gasteiger partial charge in [-0.3, -0.25) is 0 Å². The molecular formula is C12H12BrN3O2S. The third-order valence-electron chi connectivity index (χ3n) is 2.37. The van der Waals surface area contributed by atoms with Crippen molar-refractivity contribution < 1.29 is 9.53 Å². The topological polar surface area (TPSA) is 57.0 Å². The van der Waals surface area contributed by atoms with Crippen LogP contribution in [0.2, 0.25) is 0 Å². The molecular weight excluding hydrogens is 330 g/mol. The van der Waals surface area contributed by atoms with E-state index in [1.165, 1.54) is 11.0 Å². The number of carbonyl (C=O) groups is 1. The Morgan fingerprint density at radius 1 is 1.53 bits per heavy atom. The van der Waals surface area contributed by atoms with Crippen molar-refractivity contribution in [1.82, 2.24) is 14.8 Å². The van der Waals surface area contributed by atoms with Crippen molar-refractivity contribution in [2.24, 2.45) is 0 Å². The highest BCUT2D eigenvalue weighted by Gasteiger charge is 2.15. The lowest BCUT2D eigenvalue weighted by Crippen LogP contribution is -2.12. The van der Waals surface area contributed by atoms with E-state index in [1.54, 1.807) is 36.3 Å². The van der Waals surface area contributed by atoms with Crippen molar-refractivity contribution in [1.29, 1.82) is 0 Å². The van der Waals surface area contributed by atoms with Gasteiger partial charge >= 0.3 is 5.97 Å². The summed E-state index contributed by atoms with van der Waals surface area (Å²) in [7, 11) is 0. The molecule has 0 saturated carbocycles. The van der Waals surface area contributed by atoms with Crippen LogP contribution in [-0.4, -0.2) is 39.3 Å². The van der Waals surface area contributed by atoms with E-state index < -0.39 is 0 Å². The minimum atomic E-state index is -0.355. The van der Waals surface area contributed by atoms with Gasteiger partial charge in [-0.2, -0.15) is 16.9 Å². The van der Waals surface area contributed by atoms with Crippen molar-refractivity contribution in [2.75, 3.05) is 18.6 Å². The number of carbonyl (C=O) groups excluding carboxylic acids is 1. The van der Waals surface area contributed by atoms with Gasteiger partial charge in [0, 0.05) is 10.2 Å². The van der Waals surface area contributed by atoms with Crippen molar-refractivity contribution in [3.8, 4) is 5.69 Å². The molecule has 100 valence electrons. The fourth-order valence-electron chi connectivity index (χ4n) is 1.50. The Morgan fingerprint density at radius 2 is 2.37 bits per heavy atom. The van der Waals surface area contributed by atoms with E-state index in [0.717, 1.165) is 10.2 Å². The van der Waals surface area contributed by atoms with Crippen LogP contribution < -0.4 is 0 Å². The summed E-state index contributed by atoms with van der Waals surface area (Å²) in [5.41, 5.74) is 1.11. The van der Waals surface area contributed by atoms with Gasteiger partial charge in [0.2, 0.25) is 0 Å². The molecule has 0 aliphatic heterocycles. The minimum absolute atomic E-state index is 0.355. The molecule has 5 nitrogen and oxygen atoms in total. The van der Waals surface area contributed by atoms with Gasteiger partial charge in [0.05, 0.1) is 11.3 Å². The maximum atomic E-state index is 12.0. The monoisotopic (exact) mass is 341 g/mol. The van der Waals surface area contributed by atoms with Gasteiger partial charge in [-0.05, 0) is 24.5 Å². The molecule has 0 aliphatic carbocycles. The molecule has 0 atom stereocenters. The molecule has 0 N–H and O–H groups in total. The van der Waals surface area contributed by atoms with Crippen molar-refractivity contribution in [2.45, 2.75) is 0 Å². The molecule has 1 heterocycles. The third kappa shape index (κ3) is 3.57. The predicted octanol–water partition coefficient (Wildman–Crippen LogP) is 2.55. The summed E-state index contributed by atoms with van der Waals surface area (Å²) < 4.78 is 7.61. The maximum Gasteiger partial charge on any atom is 0.340 e. The molecule has 19 heavy (non-hydrogen) atoms. The lowest BCUT2D eigenvalue weighted by atomic mass is 10.2. The molecule has 0 saturated heterocycles. The van der Waals surface area contributed by atoms with Gasteiger partial charge in [0.1, 0.15) is 19.3 Å². The molecule has 0 spiro atoms. The number of benzene rings is 1. The zero-order valence-electron chi connectivity index (χ0n) is 10.2. The average molecular weight is 342 g/mol. The third-order valence-corrected chi connectivity index (χ3v) is 3.43. The molecule has 0 bridgehead atoms. The highest BCUT2D eigenvalue weighted by molar-refractivity contribution is 9.10. The molecule has 0 radical (unpaired) electrons. The van der Waals surface area contributed by atoms with Crippen LogP contribution in [0.15, 0.2) is 35.3 Å². The van der Waals surface area contributed by atoms with E-state index in [2.05, 4.69) is 26.0 Å². The number of nitrogens with zero attached hydrogens (tertiary/aromatic N) is 3. The Hall–Kier alpha value is -1.34. The largest absolute Gasteiger partial charge is 0.461 e. The molecule has 1 aromatic carbocycles. The molecule has 2 rings (SSSR count). The molecule has 0 unspecified atom stereocenters. The second-order valence-corrected chi connectivity index (χ2v) is 5.53. The van der Waals surface area contributed by atoms with Crippen molar-refractivity contribution in [3.05, 3.63) is 40.9 Å². The number of aromatic nitrogens is 3. The number of rotatable bonds is 5. The van der Waals surface area contributed by atoms with Crippen LogP contribution >= 0.6 is 27.7 Å². The zero-order chi connectivity index (χ0) is 13.7. The van der Waals surface area contributed by atoms with E-state index in [1.807, 2.05) is 6.26 Å². The first-order valence-electron chi connectivity index (χ1n) is 5.53. The van der Waals surface area contributed by atoms with Crippen LogP contribution in [0.3, 0.4) is 0 Å². The first-order valence-corrected chi connectivity index (χ1v) is 7.71. The number of ether oxygens (including phenoxy) is 1. The van der Waals surface area contributed by atoms with Crippen LogP contribution in [0.1, 0.15) is 10.4 Å². The van der Waals surface area contributed by atoms with Gasteiger partial charge < -0.3 is 4.74 Å². The number of thioether (sulfide) groups is 1. The average Bonchev–Trinajstić information content (AvgIpc) is 2.92. The highest BCUT2D eigenvalue weighted by Crippen LogP contribution is 2.20. The standard InChI is InChI=1S/C12H12BrN3O2S/c1-19-5-4-18-12(17)10-3-2-9(13)6-11(10)16-8-14-7-15-16/h2-3,6-8H,4-5H2,1H3. The number of halogens is 1. The van der Waals surface area contributed by atoms with E-state index in [9.17, 15) is 4.79 Å². The maximum absolute atomic E-state index is 12.0. The number of hydrogen-bond acceptors (Lipinski definition) is 5. The van der Waals surface area contributed by atoms with Crippen LogP contribution in [0.4, 0.5) is 0 Å². The number of hydrogen-bond donors (Lipinski definition) is 0. The van der Waals surface area contributed by atoms with E-state index >= 15 is 0 Å². The molecule has 1 aromatic heterocycles. The lowest BCUT2D eigenvalue weighted by Gasteiger charge is -2.09. The summed E-state index contributed by atoms with van der Waals surface area (Å²) >= 11 is 5.01. The Morgan fingerprint density at radius 3 is 3.05 bits per heavy atom. The van der Waals surface area contributed by atoms with E-state index in [0.29, 0.717) is 17.9 Å². The molecule has 0 fully saturated rings. The molecule has 7 heteroatoms. The SMILES string of the molecule is CSCCOC(=O)c1ccc(Br)cc1-n1cncn1. The van der Waals surface area contributed by atoms with E-state index in [4.69, 9.17) is 4.74 Å². The first kappa shape index (κ1) is 14.1. The second-order valence-electron chi connectivity index (χ2n) is 3.63. The normalized spacial score (nSPS) is 10.4. The predicted molar refractivity (Wildman–Crippen MR) is 77.7 cm³/mol. The number of esters is 1. The Kier molecular flexibility index (Phi) is 4.98. The molecule has 0 aliphatic rings. The van der Waals surface area contributed by atoms with E-state index in [-0.39, 0.29) is 5.97 Å². The summed E-state index contributed by atoms with van der Waals surface area (Å²) in [4.78, 5) is 15.9. The fourth-order valence-corrected chi connectivity index (χ4v) is 2.09. The quantitative estimate of drug-likeness (QED) is 0.617. The van der Waals surface area contributed by atoms with Crippen LogP contribution in [0.25, 0.3) is 5.69 Å². The molecule has 2 aromatic rings. The summed E-state index contributed by atoms with van der Waals surface area (Å²) in [5.74, 6) is 0.424. The van der Waals surface area contributed by atoms with Gasteiger partial charge in [-0.25, -0.2) is 14.5 Å². The summed E-state index contributed by atoms with van der Waals surface area (Å²) in [6.07, 6.45) is 4.93. The minimum Gasteiger partial charge on any atom is -0.461 e. The second kappa shape index (κ2) is 6.72.